The van der Waals surface area contributed by atoms with E-state index >= 15 is 0 Å². The molecular weight excluding hydrogens is 468 g/mol. The Labute approximate surface area is 196 Å². The van der Waals surface area contributed by atoms with Crippen molar-refractivity contribution < 1.29 is 33.4 Å². The summed E-state index contributed by atoms with van der Waals surface area (Å²) in [7, 11) is 0. The number of aryl methyl sites for hydroxylation is 2. The molecule has 3 rings (SSSR count). The normalized spacial score (nSPS) is 11.9. The molecule has 6 N–H and O–H groups in total. The van der Waals surface area contributed by atoms with E-state index in [1.54, 1.807) is 16.8 Å². The molecule has 13 heteroatoms. The minimum atomic E-state index is -1.61. The summed E-state index contributed by atoms with van der Waals surface area (Å²) >= 11 is 0. The van der Waals surface area contributed by atoms with Gasteiger partial charge in [-0.25, -0.2) is 18.6 Å². The number of H-pyrrole nitrogens is 1. The number of halogens is 2. The number of aliphatic carboxylic acids is 2. The Kier molecular flexibility index (Phi) is 7.79. The number of nitrogen functional groups attached to an aromatic ring is 1. The number of nitrogens with zero attached hydrogens (tertiary/aromatic N) is 2. The second-order valence-electron chi connectivity index (χ2n) is 7.88. The third-order valence-corrected chi connectivity index (χ3v) is 5.33. The summed E-state index contributed by atoms with van der Waals surface area (Å²) in [5.41, 5.74) is 5.33. The number of nitrogens with two attached hydrogens (primary N) is 1. The molecule has 0 saturated heterocycles. The lowest BCUT2D eigenvalue weighted by atomic mass is 10.0. The molecule has 2 aromatic heterocycles. The fraction of sp³-hybridized carbons (Fsp3) is 0.318. The standard InChI is InChI=1S/C22H23F2N5O6/c23-12-9-11(3-1-2-7-29-8-6-14-18(29)20(33)28-22(25)27-14)10-13(24)17(12)19(32)26-15(21(34)35)4-5-16(30)31/h6,8-10,15H,1-5,7H2,(H,26,32)(H,30,31)(H,34,35)(H3,25,27,28,33)/t15-/m0/s1. The molecule has 0 radical (unpaired) electrons. The SMILES string of the molecule is Nc1nc2ccn(CCCCc3cc(F)c(C(=O)N[C@@H](CCC(=O)O)C(=O)O)c(F)c3)c2c(=O)[nH]1. The summed E-state index contributed by atoms with van der Waals surface area (Å²) in [6.07, 6.45) is 2.08. The van der Waals surface area contributed by atoms with Crippen LogP contribution >= 0.6 is 0 Å². The summed E-state index contributed by atoms with van der Waals surface area (Å²) in [4.78, 5) is 52.7. The van der Waals surface area contributed by atoms with Crippen molar-refractivity contribution in [1.29, 1.82) is 0 Å². The monoisotopic (exact) mass is 491 g/mol. The number of hydrogen-bond acceptors (Lipinski definition) is 6. The summed E-state index contributed by atoms with van der Waals surface area (Å²) in [6.45, 7) is 0.455. The number of benzene rings is 1. The fourth-order valence-electron chi connectivity index (χ4n) is 3.67. The maximum atomic E-state index is 14.5. The van der Waals surface area contributed by atoms with Gasteiger partial charge in [0, 0.05) is 19.2 Å². The zero-order chi connectivity index (χ0) is 25.7. The predicted molar refractivity (Wildman–Crippen MR) is 120 cm³/mol. The van der Waals surface area contributed by atoms with Crippen molar-refractivity contribution in [1.82, 2.24) is 19.9 Å². The van der Waals surface area contributed by atoms with Crippen molar-refractivity contribution in [3.8, 4) is 0 Å². The molecule has 0 aliphatic rings. The van der Waals surface area contributed by atoms with E-state index in [2.05, 4.69) is 9.97 Å². The van der Waals surface area contributed by atoms with Gasteiger partial charge in [-0.2, -0.15) is 0 Å². The molecule has 0 aliphatic heterocycles. The second kappa shape index (κ2) is 10.8. The molecule has 11 nitrogen and oxygen atoms in total. The fourth-order valence-corrected chi connectivity index (χ4v) is 3.67. The first-order chi connectivity index (χ1) is 16.6. The van der Waals surface area contributed by atoms with Crippen LogP contribution in [0.5, 0.6) is 0 Å². The van der Waals surface area contributed by atoms with Gasteiger partial charge in [0.15, 0.2) is 0 Å². The number of rotatable bonds is 11. The number of carbonyl (C=O) groups is 3. The second-order valence-corrected chi connectivity index (χ2v) is 7.88. The lowest BCUT2D eigenvalue weighted by Gasteiger charge is -2.15. The van der Waals surface area contributed by atoms with Crippen LogP contribution in [0.4, 0.5) is 14.7 Å². The first kappa shape index (κ1) is 25.3. The number of aromatic nitrogens is 3. The van der Waals surface area contributed by atoms with Crippen molar-refractivity contribution in [2.75, 3.05) is 5.73 Å². The third-order valence-electron chi connectivity index (χ3n) is 5.33. The van der Waals surface area contributed by atoms with Gasteiger partial charge in [-0.3, -0.25) is 19.4 Å². The van der Waals surface area contributed by atoms with Crippen LogP contribution in [-0.4, -0.2) is 48.6 Å². The van der Waals surface area contributed by atoms with Crippen molar-refractivity contribution >= 4 is 34.8 Å². The highest BCUT2D eigenvalue weighted by Crippen LogP contribution is 2.18. The number of fused-ring (bicyclic) bond motifs is 1. The van der Waals surface area contributed by atoms with E-state index in [1.807, 2.05) is 5.32 Å². The predicted octanol–water partition coefficient (Wildman–Crippen LogP) is 1.66. The number of carboxylic acid groups (broad SMARTS) is 2. The highest BCUT2D eigenvalue weighted by atomic mass is 19.1. The lowest BCUT2D eigenvalue weighted by molar-refractivity contribution is -0.140. The van der Waals surface area contributed by atoms with Gasteiger partial charge in [0.2, 0.25) is 5.95 Å². The van der Waals surface area contributed by atoms with Crippen molar-refractivity contribution in [3.63, 3.8) is 0 Å². The molecule has 1 aromatic carbocycles. The molecule has 1 amide bonds. The van der Waals surface area contributed by atoms with Crippen molar-refractivity contribution in [3.05, 3.63) is 57.5 Å². The highest BCUT2D eigenvalue weighted by molar-refractivity contribution is 5.97. The number of aromatic amines is 1. The molecule has 3 aromatic rings. The number of hydrogen-bond donors (Lipinski definition) is 5. The number of carbonyl (C=O) groups excluding carboxylic acids is 1. The quantitative estimate of drug-likeness (QED) is 0.251. The average Bonchev–Trinajstić information content (AvgIpc) is 3.16. The molecule has 0 unspecified atom stereocenters. The van der Waals surface area contributed by atoms with Gasteiger partial charge >= 0.3 is 11.9 Å². The largest absolute Gasteiger partial charge is 0.481 e. The molecule has 186 valence electrons. The summed E-state index contributed by atoms with van der Waals surface area (Å²) in [6, 6.07) is 2.04. The molecule has 1 atom stereocenters. The zero-order valence-corrected chi connectivity index (χ0v) is 18.4. The number of amides is 1. The van der Waals surface area contributed by atoms with E-state index in [-0.39, 0.29) is 17.9 Å². The van der Waals surface area contributed by atoms with E-state index in [0.717, 1.165) is 12.1 Å². The molecule has 0 spiro atoms. The van der Waals surface area contributed by atoms with Gasteiger partial charge in [0.1, 0.15) is 28.8 Å². The van der Waals surface area contributed by atoms with Crippen LogP contribution in [0.25, 0.3) is 11.0 Å². The summed E-state index contributed by atoms with van der Waals surface area (Å²) in [5.74, 6) is -6.39. The molecule has 35 heavy (non-hydrogen) atoms. The van der Waals surface area contributed by atoms with Gasteiger partial charge in [0.05, 0.1) is 5.52 Å². The van der Waals surface area contributed by atoms with Crippen molar-refractivity contribution in [2.45, 2.75) is 44.7 Å². The Morgan fingerprint density at radius 2 is 1.86 bits per heavy atom. The Bertz CT molecular complexity index is 1310. The van der Waals surface area contributed by atoms with Gasteiger partial charge in [-0.15, -0.1) is 0 Å². The molecule has 0 fully saturated rings. The number of anilines is 1. The van der Waals surface area contributed by atoms with E-state index in [0.29, 0.717) is 36.0 Å². The van der Waals surface area contributed by atoms with Gasteiger partial charge in [0.25, 0.3) is 11.5 Å². The third kappa shape index (κ3) is 6.19. The van der Waals surface area contributed by atoms with Gasteiger partial charge in [-0.05, 0) is 49.4 Å². The molecule has 0 aliphatic carbocycles. The van der Waals surface area contributed by atoms with Crippen LogP contribution in [0.1, 0.15) is 41.6 Å². The average molecular weight is 491 g/mol. The molecule has 0 bridgehead atoms. The first-order valence-corrected chi connectivity index (χ1v) is 10.6. The minimum Gasteiger partial charge on any atom is -0.481 e. The van der Waals surface area contributed by atoms with Crippen LogP contribution in [-0.2, 0) is 22.6 Å². The number of carboxylic acids is 2. The minimum absolute atomic E-state index is 0.0140. The zero-order valence-electron chi connectivity index (χ0n) is 18.4. The topological polar surface area (TPSA) is 180 Å². The van der Waals surface area contributed by atoms with Crippen LogP contribution in [0.3, 0.4) is 0 Å². The molecule has 0 saturated carbocycles. The smallest absolute Gasteiger partial charge is 0.326 e. The van der Waals surface area contributed by atoms with Crippen molar-refractivity contribution in [2.24, 2.45) is 0 Å². The van der Waals surface area contributed by atoms with E-state index < -0.39 is 53.9 Å². The van der Waals surface area contributed by atoms with Crippen LogP contribution in [0.15, 0.2) is 29.2 Å². The Morgan fingerprint density at radius 3 is 2.49 bits per heavy atom. The first-order valence-electron chi connectivity index (χ1n) is 10.6. The van der Waals surface area contributed by atoms with E-state index in [9.17, 15) is 28.0 Å². The molecule has 2 heterocycles. The summed E-state index contributed by atoms with van der Waals surface area (Å²) in [5, 5.41) is 19.7. The van der Waals surface area contributed by atoms with Crippen LogP contribution in [0.2, 0.25) is 0 Å². The molecular formula is C22H23F2N5O6. The Hall–Kier alpha value is -4.29. The van der Waals surface area contributed by atoms with Gasteiger partial charge < -0.3 is 25.8 Å². The number of unbranched alkanes of at least 4 members (excludes halogenated alkanes) is 1. The maximum Gasteiger partial charge on any atom is 0.326 e. The summed E-state index contributed by atoms with van der Waals surface area (Å²) < 4.78 is 30.7. The Morgan fingerprint density at radius 1 is 1.17 bits per heavy atom. The lowest BCUT2D eigenvalue weighted by Crippen LogP contribution is -2.41. The van der Waals surface area contributed by atoms with E-state index in [4.69, 9.17) is 15.9 Å². The van der Waals surface area contributed by atoms with Crippen LogP contribution in [0, 0.1) is 11.6 Å². The number of nitrogens with one attached hydrogen (secondary N) is 2. The maximum absolute atomic E-state index is 14.5. The van der Waals surface area contributed by atoms with Gasteiger partial charge in [-0.1, -0.05) is 0 Å². The van der Waals surface area contributed by atoms with Crippen LogP contribution < -0.4 is 16.6 Å². The van der Waals surface area contributed by atoms with E-state index in [1.165, 1.54) is 0 Å². The Balaban J connectivity index is 1.61. The highest BCUT2D eigenvalue weighted by Gasteiger charge is 2.25.